The Morgan fingerprint density at radius 2 is 1.85 bits per heavy atom. The molecule has 0 spiro atoms. The molecule has 1 saturated heterocycles. The van der Waals surface area contributed by atoms with Crippen molar-refractivity contribution < 1.29 is 4.74 Å². The number of nitrogens with zero attached hydrogens (tertiary/aromatic N) is 3. The van der Waals surface area contributed by atoms with E-state index >= 15 is 0 Å². The summed E-state index contributed by atoms with van der Waals surface area (Å²) < 4.78 is 5.74. The number of morpholine rings is 1. The van der Waals surface area contributed by atoms with E-state index in [-0.39, 0.29) is 17.7 Å². The monoisotopic (exact) mass is 278 g/mol. The van der Waals surface area contributed by atoms with Gasteiger partial charge in [0.1, 0.15) is 5.82 Å². The van der Waals surface area contributed by atoms with Gasteiger partial charge in [-0.05, 0) is 34.6 Å². The van der Waals surface area contributed by atoms with Crippen molar-refractivity contribution >= 4 is 5.82 Å². The average Bonchev–Trinajstić information content (AvgIpc) is 2.35. The Labute approximate surface area is 121 Å². The van der Waals surface area contributed by atoms with E-state index in [1.54, 1.807) is 0 Å². The van der Waals surface area contributed by atoms with E-state index in [2.05, 4.69) is 54.8 Å². The number of hydrogen-bond acceptors (Lipinski definition) is 5. The van der Waals surface area contributed by atoms with Crippen molar-refractivity contribution in [2.75, 3.05) is 18.0 Å². The van der Waals surface area contributed by atoms with E-state index in [1.165, 1.54) is 0 Å². The predicted molar refractivity (Wildman–Crippen MR) is 80.8 cm³/mol. The molecular weight excluding hydrogens is 252 g/mol. The first-order valence-corrected chi connectivity index (χ1v) is 7.30. The van der Waals surface area contributed by atoms with Crippen molar-refractivity contribution in [2.45, 2.75) is 58.9 Å². The second-order valence-corrected chi connectivity index (χ2v) is 6.63. The minimum atomic E-state index is 0.0927. The average molecular weight is 278 g/mol. The molecule has 0 saturated carbocycles. The second kappa shape index (κ2) is 6.06. The molecule has 2 rings (SSSR count). The van der Waals surface area contributed by atoms with Gasteiger partial charge in [0, 0.05) is 25.2 Å². The molecule has 112 valence electrons. The molecule has 0 bridgehead atoms. The van der Waals surface area contributed by atoms with Gasteiger partial charge in [-0.1, -0.05) is 0 Å². The zero-order valence-electron chi connectivity index (χ0n) is 13.2. The summed E-state index contributed by atoms with van der Waals surface area (Å²) in [6.45, 7) is 13.1. The minimum absolute atomic E-state index is 0.0927. The summed E-state index contributed by atoms with van der Waals surface area (Å²) in [5.74, 6) is 0.937. The highest BCUT2D eigenvalue weighted by Crippen LogP contribution is 2.17. The molecular formula is C15H26N4O. The highest BCUT2D eigenvalue weighted by Gasteiger charge is 2.23. The first kappa shape index (κ1) is 15.2. The highest BCUT2D eigenvalue weighted by atomic mass is 16.5. The predicted octanol–water partition coefficient (Wildman–Crippen LogP) is 1.98. The Balaban J connectivity index is 1.97. The standard InChI is InChI=1S/C15H26N4O/c1-11-9-19(10-12(2)20-11)14-8-16-13(6-17-14)7-18-15(3,4)5/h6,8,11-12,18H,7,9-10H2,1-5H3. The van der Waals surface area contributed by atoms with Crippen LogP contribution in [0.1, 0.15) is 40.3 Å². The van der Waals surface area contributed by atoms with Crippen LogP contribution >= 0.6 is 0 Å². The molecule has 1 fully saturated rings. The van der Waals surface area contributed by atoms with Gasteiger partial charge in [0.05, 0.1) is 30.3 Å². The van der Waals surface area contributed by atoms with Crippen molar-refractivity contribution in [1.29, 1.82) is 0 Å². The lowest BCUT2D eigenvalue weighted by molar-refractivity contribution is -0.00548. The summed E-state index contributed by atoms with van der Waals surface area (Å²) in [5.41, 5.74) is 1.06. The maximum atomic E-state index is 5.74. The van der Waals surface area contributed by atoms with E-state index in [9.17, 15) is 0 Å². The summed E-state index contributed by atoms with van der Waals surface area (Å²) >= 11 is 0. The largest absolute Gasteiger partial charge is 0.372 e. The molecule has 1 aliphatic heterocycles. The lowest BCUT2D eigenvalue weighted by Crippen LogP contribution is -2.45. The van der Waals surface area contributed by atoms with E-state index in [0.717, 1.165) is 31.1 Å². The Hall–Kier alpha value is -1.20. The van der Waals surface area contributed by atoms with Crippen LogP contribution in [0, 0.1) is 0 Å². The number of hydrogen-bond donors (Lipinski definition) is 1. The SMILES string of the molecule is CC1CN(c2cnc(CNC(C)(C)C)cn2)CC(C)O1. The summed E-state index contributed by atoms with van der Waals surface area (Å²) in [5, 5.41) is 3.42. The molecule has 0 aromatic carbocycles. The van der Waals surface area contributed by atoms with E-state index in [4.69, 9.17) is 4.74 Å². The Morgan fingerprint density at radius 3 is 2.35 bits per heavy atom. The molecule has 5 heteroatoms. The maximum absolute atomic E-state index is 5.74. The molecule has 0 amide bonds. The van der Waals surface area contributed by atoms with E-state index in [0.29, 0.717) is 0 Å². The van der Waals surface area contributed by atoms with Crippen LogP contribution in [0.25, 0.3) is 0 Å². The normalized spacial score (nSPS) is 23.9. The van der Waals surface area contributed by atoms with E-state index < -0.39 is 0 Å². The third-order valence-electron chi connectivity index (χ3n) is 3.24. The lowest BCUT2D eigenvalue weighted by Gasteiger charge is -2.35. The first-order valence-electron chi connectivity index (χ1n) is 7.30. The third-order valence-corrected chi connectivity index (χ3v) is 3.24. The molecule has 0 aliphatic carbocycles. The second-order valence-electron chi connectivity index (χ2n) is 6.63. The lowest BCUT2D eigenvalue weighted by atomic mass is 10.1. The quantitative estimate of drug-likeness (QED) is 0.916. The Bertz CT molecular complexity index is 416. The van der Waals surface area contributed by atoms with Crippen LogP contribution in [0.5, 0.6) is 0 Å². The third kappa shape index (κ3) is 4.42. The Morgan fingerprint density at radius 1 is 1.20 bits per heavy atom. The van der Waals surface area contributed by atoms with Gasteiger partial charge in [-0.15, -0.1) is 0 Å². The van der Waals surface area contributed by atoms with Gasteiger partial charge in [0.25, 0.3) is 0 Å². The van der Waals surface area contributed by atoms with Gasteiger partial charge >= 0.3 is 0 Å². The van der Waals surface area contributed by atoms with Crippen LogP contribution in [-0.4, -0.2) is 40.8 Å². The molecule has 1 aliphatic rings. The zero-order chi connectivity index (χ0) is 14.8. The summed E-state index contributed by atoms with van der Waals surface area (Å²) in [6.07, 6.45) is 4.20. The van der Waals surface area contributed by atoms with Gasteiger partial charge in [-0.25, -0.2) is 4.98 Å². The molecule has 1 aromatic heterocycles. The van der Waals surface area contributed by atoms with Crippen molar-refractivity contribution in [3.8, 4) is 0 Å². The zero-order valence-corrected chi connectivity index (χ0v) is 13.2. The van der Waals surface area contributed by atoms with Crippen molar-refractivity contribution in [3.05, 3.63) is 18.1 Å². The van der Waals surface area contributed by atoms with Crippen LogP contribution in [-0.2, 0) is 11.3 Å². The van der Waals surface area contributed by atoms with Gasteiger partial charge in [0.2, 0.25) is 0 Å². The van der Waals surface area contributed by atoms with Crippen LogP contribution in [0.2, 0.25) is 0 Å². The van der Waals surface area contributed by atoms with E-state index in [1.807, 2.05) is 12.4 Å². The van der Waals surface area contributed by atoms with Gasteiger partial charge < -0.3 is 15.0 Å². The summed E-state index contributed by atoms with van der Waals surface area (Å²) in [7, 11) is 0. The van der Waals surface area contributed by atoms with Crippen LogP contribution in [0.15, 0.2) is 12.4 Å². The first-order chi connectivity index (χ1) is 9.33. The highest BCUT2D eigenvalue weighted by molar-refractivity contribution is 5.36. The number of rotatable bonds is 3. The molecule has 20 heavy (non-hydrogen) atoms. The maximum Gasteiger partial charge on any atom is 0.147 e. The van der Waals surface area contributed by atoms with Crippen LogP contribution in [0.3, 0.4) is 0 Å². The fourth-order valence-corrected chi connectivity index (χ4v) is 2.32. The smallest absolute Gasteiger partial charge is 0.147 e. The molecule has 2 heterocycles. The number of aromatic nitrogens is 2. The van der Waals surface area contributed by atoms with Gasteiger partial charge in [-0.3, -0.25) is 4.98 Å². The Kier molecular flexibility index (Phi) is 4.60. The van der Waals surface area contributed by atoms with Gasteiger partial charge in [-0.2, -0.15) is 0 Å². The molecule has 2 unspecified atom stereocenters. The number of nitrogens with one attached hydrogen (secondary N) is 1. The van der Waals surface area contributed by atoms with Crippen molar-refractivity contribution in [1.82, 2.24) is 15.3 Å². The van der Waals surface area contributed by atoms with Crippen molar-refractivity contribution in [3.63, 3.8) is 0 Å². The summed E-state index contributed by atoms with van der Waals surface area (Å²) in [6, 6.07) is 0. The van der Waals surface area contributed by atoms with Crippen LogP contribution in [0.4, 0.5) is 5.82 Å². The van der Waals surface area contributed by atoms with Crippen LogP contribution < -0.4 is 10.2 Å². The molecule has 2 atom stereocenters. The molecule has 0 radical (unpaired) electrons. The molecule has 1 N–H and O–H groups in total. The molecule has 5 nitrogen and oxygen atoms in total. The topological polar surface area (TPSA) is 50.3 Å². The van der Waals surface area contributed by atoms with Gasteiger partial charge in [0.15, 0.2) is 0 Å². The minimum Gasteiger partial charge on any atom is -0.372 e. The van der Waals surface area contributed by atoms with Crippen molar-refractivity contribution in [2.24, 2.45) is 0 Å². The number of ether oxygens (including phenoxy) is 1. The number of anilines is 1. The molecule has 1 aromatic rings. The summed E-state index contributed by atoms with van der Waals surface area (Å²) in [4.78, 5) is 11.3. The fourth-order valence-electron chi connectivity index (χ4n) is 2.32. The fraction of sp³-hybridized carbons (Fsp3) is 0.733.